The fourth-order valence-corrected chi connectivity index (χ4v) is 3.30. The summed E-state index contributed by atoms with van der Waals surface area (Å²) >= 11 is 0. The number of allylic oxidation sites excluding steroid dienone is 1. The number of pyridine rings is 1. The van der Waals surface area contributed by atoms with Crippen LogP contribution in [0, 0.1) is 6.92 Å². The van der Waals surface area contributed by atoms with Gasteiger partial charge in [-0.2, -0.15) is 0 Å². The molecule has 0 unspecified atom stereocenters. The molecule has 0 aliphatic rings. The molecule has 0 amide bonds. The van der Waals surface area contributed by atoms with E-state index in [0.717, 1.165) is 33.0 Å². The van der Waals surface area contributed by atoms with Crippen LogP contribution < -0.4 is 21.4 Å². The lowest BCUT2D eigenvalue weighted by Crippen LogP contribution is -2.42. The Morgan fingerprint density at radius 1 is 1.19 bits per heavy atom. The lowest BCUT2D eigenvalue weighted by molar-refractivity contribution is 0.400. The molecule has 0 aliphatic carbocycles. The van der Waals surface area contributed by atoms with Crippen molar-refractivity contribution in [1.29, 1.82) is 0 Å². The van der Waals surface area contributed by atoms with Crippen molar-refractivity contribution in [1.82, 2.24) is 14.8 Å². The Bertz CT molecular complexity index is 1320. The molecule has 2 aromatic heterocycles. The van der Waals surface area contributed by atoms with Crippen LogP contribution in [0.15, 0.2) is 45.6 Å². The highest BCUT2D eigenvalue weighted by atomic mass is 16.4. The molecular formula is C25H30N4O2. The van der Waals surface area contributed by atoms with Crippen molar-refractivity contribution in [2.45, 2.75) is 47.0 Å². The average molecular weight is 419 g/mol. The van der Waals surface area contributed by atoms with Crippen LogP contribution in [0.3, 0.4) is 0 Å². The highest BCUT2D eigenvalue weighted by Gasteiger charge is 2.21. The molecule has 1 aromatic carbocycles. The number of benzene rings is 1. The number of nitrogens with one attached hydrogen (secondary N) is 1. The van der Waals surface area contributed by atoms with Crippen molar-refractivity contribution in [3.63, 3.8) is 0 Å². The predicted octanol–water partition coefficient (Wildman–Crippen LogP) is 3.94. The number of aryl methyl sites for hydroxylation is 1. The molecule has 162 valence electrons. The molecule has 0 fully saturated rings. The summed E-state index contributed by atoms with van der Waals surface area (Å²) in [5.41, 5.74) is 3.86. The normalized spacial score (nSPS) is 13.0. The first kappa shape index (κ1) is 22.3. The van der Waals surface area contributed by atoms with Gasteiger partial charge in [0, 0.05) is 23.7 Å². The maximum Gasteiger partial charge on any atom is 0.320 e. The largest absolute Gasteiger partial charge is 0.407 e. The van der Waals surface area contributed by atoms with E-state index >= 15 is 0 Å². The summed E-state index contributed by atoms with van der Waals surface area (Å²) in [6.45, 7) is 15.9. The highest BCUT2D eigenvalue weighted by Crippen LogP contribution is 2.27. The Morgan fingerprint density at radius 3 is 2.48 bits per heavy atom. The number of aromatic nitrogens is 3. The summed E-state index contributed by atoms with van der Waals surface area (Å²) in [6, 6.07) is 8.10. The van der Waals surface area contributed by atoms with Gasteiger partial charge in [0.15, 0.2) is 0 Å². The van der Waals surface area contributed by atoms with E-state index in [1.165, 1.54) is 0 Å². The van der Waals surface area contributed by atoms with Crippen LogP contribution in [0.4, 0.5) is 11.7 Å². The highest BCUT2D eigenvalue weighted by molar-refractivity contribution is 5.72. The van der Waals surface area contributed by atoms with E-state index in [2.05, 4.69) is 22.1 Å². The summed E-state index contributed by atoms with van der Waals surface area (Å²) in [5, 5.41) is 13.2. The summed E-state index contributed by atoms with van der Waals surface area (Å²) < 4.78 is 7.42. The Kier molecular flexibility index (Phi) is 6.02. The van der Waals surface area contributed by atoms with E-state index in [9.17, 15) is 4.79 Å². The van der Waals surface area contributed by atoms with E-state index in [1.54, 1.807) is 11.6 Å². The van der Waals surface area contributed by atoms with Gasteiger partial charge in [0.2, 0.25) is 5.89 Å². The van der Waals surface area contributed by atoms with E-state index in [-0.39, 0.29) is 11.0 Å². The number of anilines is 2. The molecule has 0 saturated heterocycles. The van der Waals surface area contributed by atoms with Crippen LogP contribution in [0.1, 0.15) is 46.1 Å². The summed E-state index contributed by atoms with van der Waals surface area (Å²) in [6.07, 6.45) is 3.93. The van der Waals surface area contributed by atoms with E-state index in [1.807, 2.05) is 78.0 Å². The van der Waals surface area contributed by atoms with Gasteiger partial charge in [-0.1, -0.05) is 50.2 Å². The van der Waals surface area contributed by atoms with Crippen LogP contribution in [-0.2, 0) is 12.5 Å². The number of rotatable bonds is 4. The first-order valence-corrected chi connectivity index (χ1v) is 10.3. The smallest absolute Gasteiger partial charge is 0.320 e. The lowest BCUT2D eigenvalue weighted by Gasteiger charge is -2.12. The first-order valence-electron chi connectivity index (χ1n) is 10.3. The third kappa shape index (κ3) is 4.68. The summed E-state index contributed by atoms with van der Waals surface area (Å²) in [5.74, 6) is 0.559. The third-order valence-corrected chi connectivity index (χ3v) is 5.03. The van der Waals surface area contributed by atoms with Gasteiger partial charge in [-0.05, 0) is 61.4 Å². The predicted molar refractivity (Wildman–Crippen MR) is 127 cm³/mol. The zero-order valence-corrected chi connectivity index (χ0v) is 19.3. The zero-order chi connectivity index (χ0) is 22.9. The van der Waals surface area contributed by atoms with Crippen LogP contribution >= 0.6 is 0 Å². The Labute approximate surface area is 182 Å². The molecular weight excluding hydrogens is 388 g/mol. The quantitative estimate of drug-likeness (QED) is 0.695. The SMILES string of the molecule is C=C(C)/C=c1\c(=C/C)cc(-c2cc(Nc3nnc(C(C)(C)C)o3)ccc2C)c(=O)n1C. The molecule has 6 nitrogen and oxygen atoms in total. The van der Waals surface area contributed by atoms with Crippen molar-refractivity contribution in [2.24, 2.45) is 7.05 Å². The van der Waals surface area contributed by atoms with Gasteiger partial charge < -0.3 is 14.3 Å². The molecule has 31 heavy (non-hydrogen) atoms. The second kappa shape index (κ2) is 8.38. The zero-order valence-electron chi connectivity index (χ0n) is 19.3. The van der Waals surface area contributed by atoms with Crippen molar-refractivity contribution in [3.8, 4) is 11.1 Å². The number of hydrogen-bond donors (Lipinski definition) is 1. The lowest BCUT2D eigenvalue weighted by atomic mass is 9.97. The standard InChI is InChI=1S/C25H30N4O2/c1-9-17-13-20(22(30)29(8)21(17)12-15(2)3)19-14-18(11-10-16(19)4)26-24-28-27-23(31-24)25(5,6)7/h9-14H,2H2,1,3-8H3,(H,26,28)/b17-9-,21-12+. The Balaban J connectivity index is 2.11. The topological polar surface area (TPSA) is 73.0 Å². The van der Waals surface area contributed by atoms with Gasteiger partial charge in [0.25, 0.3) is 5.56 Å². The molecule has 0 saturated carbocycles. The third-order valence-electron chi connectivity index (χ3n) is 5.03. The summed E-state index contributed by atoms with van der Waals surface area (Å²) in [4.78, 5) is 13.2. The minimum atomic E-state index is -0.229. The molecule has 6 heteroatoms. The van der Waals surface area contributed by atoms with Crippen LogP contribution in [0.5, 0.6) is 0 Å². The molecule has 0 bridgehead atoms. The van der Waals surface area contributed by atoms with Crippen molar-refractivity contribution in [3.05, 3.63) is 68.8 Å². The van der Waals surface area contributed by atoms with Gasteiger partial charge in [-0.3, -0.25) is 4.79 Å². The molecule has 3 rings (SSSR count). The average Bonchev–Trinajstić information content (AvgIpc) is 3.16. The first-order chi connectivity index (χ1) is 14.5. The molecule has 0 atom stereocenters. The molecule has 0 spiro atoms. The van der Waals surface area contributed by atoms with Gasteiger partial charge in [0.1, 0.15) is 0 Å². The van der Waals surface area contributed by atoms with Crippen LogP contribution in [0.2, 0.25) is 0 Å². The number of nitrogens with zero attached hydrogens (tertiary/aromatic N) is 3. The van der Waals surface area contributed by atoms with Crippen molar-refractivity contribution in [2.75, 3.05) is 5.32 Å². The van der Waals surface area contributed by atoms with E-state index in [4.69, 9.17) is 4.42 Å². The molecule has 0 radical (unpaired) electrons. The van der Waals surface area contributed by atoms with Crippen molar-refractivity contribution < 1.29 is 4.42 Å². The Hall–Kier alpha value is -3.41. The Morgan fingerprint density at radius 2 is 1.90 bits per heavy atom. The second-order valence-electron chi connectivity index (χ2n) is 8.86. The van der Waals surface area contributed by atoms with E-state index < -0.39 is 0 Å². The van der Waals surface area contributed by atoms with Crippen LogP contribution in [-0.4, -0.2) is 14.8 Å². The van der Waals surface area contributed by atoms with Gasteiger partial charge in [0.05, 0.1) is 5.35 Å². The van der Waals surface area contributed by atoms with Gasteiger partial charge >= 0.3 is 6.01 Å². The molecule has 0 aliphatic heterocycles. The molecule has 1 N–H and O–H groups in total. The molecule has 2 heterocycles. The molecule has 3 aromatic rings. The van der Waals surface area contributed by atoms with Gasteiger partial charge in [-0.15, -0.1) is 5.10 Å². The fourth-order valence-electron chi connectivity index (χ4n) is 3.30. The van der Waals surface area contributed by atoms with E-state index in [0.29, 0.717) is 17.5 Å². The maximum atomic E-state index is 13.2. The van der Waals surface area contributed by atoms with Crippen LogP contribution in [0.25, 0.3) is 23.3 Å². The monoisotopic (exact) mass is 418 g/mol. The minimum absolute atomic E-state index is 0.0637. The summed E-state index contributed by atoms with van der Waals surface area (Å²) in [7, 11) is 1.79. The van der Waals surface area contributed by atoms with Crippen molar-refractivity contribution >= 4 is 23.9 Å². The number of hydrogen-bond acceptors (Lipinski definition) is 5. The minimum Gasteiger partial charge on any atom is -0.407 e. The maximum absolute atomic E-state index is 13.2. The second-order valence-corrected chi connectivity index (χ2v) is 8.86. The van der Waals surface area contributed by atoms with Gasteiger partial charge in [-0.25, -0.2) is 0 Å². The fraction of sp³-hybridized carbons (Fsp3) is 0.320.